The third-order valence-corrected chi connectivity index (χ3v) is 3.88. The van der Waals surface area contributed by atoms with Crippen LogP contribution < -0.4 is 5.73 Å². The van der Waals surface area contributed by atoms with Gasteiger partial charge in [-0.25, -0.2) is 0 Å². The minimum atomic E-state index is 0.437. The van der Waals surface area contributed by atoms with Crippen LogP contribution >= 0.6 is 38.9 Å². The van der Waals surface area contributed by atoms with E-state index >= 15 is 0 Å². The van der Waals surface area contributed by atoms with Crippen molar-refractivity contribution in [2.24, 2.45) is 5.73 Å². The van der Waals surface area contributed by atoms with Crippen LogP contribution in [0, 0.1) is 0 Å². The fourth-order valence-electron chi connectivity index (χ4n) is 1.10. The number of nitrogens with zero attached hydrogens (tertiary/aromatic N) is 1. The summed E-state index contributed by atoms with van der Waals surface area (Å²) >= 11 is 10.8. The van der Waals surface area contributed by atoms with E-state index in [1.807, 2.05) is 12.1 Å². The summed E-state index contributed by atoms with van der Waals surface area (Å²) in [5, 5.41) is 7.04. The average molecular weight is 293 g/mol. The Morgan fingerprint density at radius 3 is 2.86 bits per heavy atom. The van der Waals surface area contributed by atoms with Crippen LogP contribution in [0.3, 0.4) is 0 Å². The molecule has 3 N–H and O–H groups in total. The summed E-state index contributed by atoms with van der Waals surface area (Å²) in [5.74, 6) is 0. The van der Waals surface area contributed by atoms with Gasteiger partial charge in [-0.1, -0.05) is 11.6 Å². The molecule has 3 nitrogen and oxygen atoms in total. The van der Waals surface area contributed by atoms with Crippen LogP contribution in [0.4, 0.5) is 0 Å². The maximum Gasteiger partial charge on any atom is 0.117 e. The number of H-pyrrole nitrogens is 1. The van der Waals surface area contributed by atoms with Crippen LogP contribution in [-0.2, 0) is 6.54 Å². The van der Waals surface area contributed by atoms with Gasteiger partial charge in [0.25, 0.3) is 0 Å². The van der Waals surface area contributed by atoms with Gasteiger partial charge in [0.15, 0.2) is 0 Å². The van der Waals surface area contributed by atoms with Crippen molar-refractivity contribution in [1.29, 1.82) is 0 Å². The Labute approximate surface area is 98.4 Å². The van der Waals surface area contributed by atoms with Gasteiger partial charge in [-0.3, -0.25) is 5.10 Å². The standard InChI is InChI=1S/C8H7BrClN3S/c9-7-4(3-11)12-13-8(7)5-1-2-6(10)14-5/h1-2H,3,11H2,(H,12,13). The van der Waals surface area contributed by atoms with Gasteiger partial charge in [-0.15, -0.1) is 11.3 Å². The maximum absolute atomic E-state index is 5.84. The Balaban J connectivity index is 2.46. The van der Waals surface area contributed by atoms with Gasteiger partial charge in [-0.05, 0) is 28.1 Å². The third-order valence-electron chi connectivity index (χ3n) is 1.79. The molecule has 14 heavy (non-hydrogen) atoms. The molecule has 6 heteroatoms. The summed E-state index contributed by atoms with van der Waals surface area (Å²) in [4.78, 5) is 1.03. The Morgan fingerprint density at radius 1 is 1.57 bits per heavy atom. The number of nitrogens with one attached hydrogen (secondary N) is 1. The van der Waals surface area contributed by atoms with E-state index in [9.17, 15) is 0 Å². The van der Waals surface area contributed by atoms with Gasteiger partial charge >= 0.3 is 0 Å². The van der Waals surface area contributed by atoms with Crippen LogP contribution in [0.25, 0.3) is 10.6 Å². The molecular weight excluding hydrogens is 286 g/mol. The zero-order valence-corrected chi connectivity index (χ0v) is 10.2. The van der Waals surface area contributed by atoms with Gasteiger partial charge in [0.2, 0.25) is 0 Å². The molecule has 2 aromatic heterocycles. The second-order valence-electron chi connectivity index (χ2n) is 2.67. The smallest absolute Gasteiger partial charge is 0.117 e. The van der Waals surface area contributed by atoms with E-state index in [2.05, 4.69) is 26.1 Å². The molecule has 0 aliphatic carbocycles. The second kappa shape index (κ2) is 4.02. The van der Waals surface area contributed by atoms with E-state index in [0.29, 0.717) is 6.54 Å². The van der Waals surface area contributed by atoms with Crippen LogP contribution in [-0.4, -0.2) is 10.2 Å². The molecule has 2 rings (SSSR count). The van der Waals surface area contributed by atoms with E-state index in [0.717, 1.165) is 25.1 Å². The summed E-state index contributed by atoms with van der Waals surface area (Å²) in [6.45, 7) is 0.437. The predicted molar refractivity (Wildman–Crippen MR) is 62.5 cm³/mol. The summed E-state index contributed by atoms with van der Waals surface area (Å²) < 4.78 is 1.67. The molecule has 0 aliphatic rings. The monoisotopic (exact) mass is 291 g/mol. The summed E-state index contributed by atoms with van der Waals surface area (Å²) in [6, 6.07) is 3.79. The highest BCUT2D eigenvalue weighted by molar-refractivity contribution is 9.10. The third kappa shape index (κ3) is 1.72. The molecule has 0 atom stereocenters. The lowest BCUT2D eigenvalue weighted by Gasteiger charge is -1.92. The summed E-state index contributed by atoms with van der Waals surface area (Å²) in [7, 11) is 0. The van der Waals surface area contributed by atoms with E-state index in [1.165, 1.54) is 11.3 Å². The molecule has 0 saturated carbocycles. The molecule has 2 aromatic rings. The minimum absolute atomic E-state index is 0.437. The minimum Gasteiger partial charge on any atom is -0.325 e. The fraction of sp³-hybridized carbons (Fsp3) is 0.125. The summed E-state index contributed by atoms with van der Waals surface area (Å²) in [6.07, 6.45) is 0. The van der Waals surface area contributed by atoms with Crippen molar-refractivity contribution in [3.8, 4) is 10.6 Å². The van der Waals surface area contributed by atoms with E-state index < -0.39 is 0 Å². The van der Waals surface area contributed by atoms with Crippen LogP contribution in [0.1, 0.15) is 5.69 Å². The zero-order chi connectivity index (χ0) is 10.1. The van der Waals surface area contributed by atoms with Crippen LogP contribution in [0.15, 0.2) is 16.6 Å². The number of hydrogen-bond donors (Lipinski definition) is 2. The van der Waals surface area contributed by atoms with Gasteiger partial charge in [0.05, 0.1) is 19.4 Å². The lowest BCUT2D eigenvalue weighted by molar-refractivity contribution is 0.945. The molecule has 2 heterocycles. The van der Waals surface area contributed by atoms with Gasteiger partial charge in [0.1, 0.15) is 5.69 Å². The molecule has 0 aliphatic heterocycles. The highest BCUT2D eigenvalue weighted by Gasteiger charge is 2.12. The number of thiophene rings is 1. The maximum atomic E-state index is 5.84. The predicted octanol–water partition coefficient (Wildman–Crippen LogP) is 3.01. The first-order chi connectivity index (χ1) is 6.72. The topological polar surface area (TPSA) is 54.7 Å². The van der Waals surface area contributed by atoms with Gasteiger partial charge in [-0.2, -0.15) is 5.10 Å². The first-order valence-corrected chi connectivity index (χ1v) is 5.89. The molecule has 0 saturated heterocycles. The SMILES string of the molecule is NCc1[nH]nc(-c2ccc(Cl)s2)c1Br. The number of rotatable bonds is 2. The normalized spacial score (nSPS) is 10.8. The van der Waals surface area contributed by atoms with Crippen molar-refractivity contribution >= 4 is 38.9 Å². The molecule has 0 fully saturated rings. The molecule has 0 radical (unpaired) electrons. The number of halogens is 2. The van der Waals surface area contributed by atoms with Crippen molar-refractivity contribution in [3.05, 3.63) is 26.6 Å². The van der Waals surface area contributed by atoms with Crippen molar-refractivity contribution in [3.63, 3.8) is 0 Å². The summed E-state index contributed by atoms with van der Waals surface area (Å²) in [5.41, 5.74) is 7.28. The van der Waals surface area contributed by atoms with Crippen molar-refractivity contribution in [1.82, 2.24) is 10.2 Å². The van der Waals surface area contributed by atoms with Crippen molar-refractivity contribution in [2.45, 2.75) is 6.54 Å². The first-order valence-electron chi connectivity index (χ1n) is 3.91. The first kappa shape index (κ1) is 10.2. The molecule has 0 spiro atoms. The van der Waals surface area contributed by atoms with Gasteiger partial charge < -0.3 is 5.73 Å². The van der Waals surface area contributed by atoms with E-state index in [4.69, 9.17) is 17.3 Å². The Bertz CT molecular complexity index is 451. The number of aromatic nitrogens is 2. The average Bonchev–Trinajstić information content (AvgIpc) is 2.72. The Hall–Kier alpha value is -0.360. The van der Waals surface area contributed by atoms with Crippen molar-refractivity contribution in [2.75, 3.05) is 0 Å². The molecule has 0 aromatic carbocycles. The molecule has 74 valence electrons. The molecule has 0 unspecified atom stereocenters. The molecule has 0 bridgehead atoms. The zero-order valence-electron chi connectivity index (χ0n) is 7.05. The van der Waals surface area contributed by atoms with E-state index in [1.54, 1.807) is 0 Å². The van der Waals surface area contributed by atoms with E-state index in [-0.39, 0.29) is 0 Å². The molecular formula is C8H7BrClN3S. The lowest BCUT2D eigenvalue weighted by atomic mass is 10.3. The largest absolute Gasteiger partial charge is 0.325 e. The van der Waals surface area contributed by atoms with Gasteiger partial charge in [0, 0.05) is 6.54 Å². The number of nitrogens with two attached hydrogens (primary N) is 1. The lowest BCUT2D eigenvalue weighted by Crippen LogP contribution is -1.96. The second-order valence-corrected chi connectivity index (χ2v) is 5.18. The highest BCUT2D eigenvalue weighted by Crippen LogP contribution is 2.35. The fourth-order valence-corrected chi connectivity index (χ4v) is 2.83. The quantitative estimate of drug-likeness (QED) is 0.894. The van der Waals surface area contributed by atoms with Crippen molar-refractivity contribution < 1.29 is 0 Å². The number of hydrogen-bond acceptors (Lipinski definition) is 3. The Morgan fingerprint density at radius 2 is 2.36 bits per heavy atom. The number of aromatic amines is 1. The molecule has 0 amide bonds. The Kier molecular flexibility index (Phi) is 2.92. The van der Waals surface area contributed by atoms with Crippen LogP contribution in [0.5, 0.6) is 0 Å². The highest BCUT2D eigenvalue weighted by atomic mass is 79.9. The van der Waals surface area contributed by atoms with Crippen LogP contribution in [0.2, 0.25) is 4.34 Å².